The summed E-state index contributed by atoms with van der Waals surface area (Å²) in [6, 6.07) is 5.53. The van der Waals surface area contributed by atoms with Crippen LogP contribution in [-0.2, 0) is 9.59 Å². The van der Waals surface area contributed by atoms with Crippen molar-refractivity contribution in [2.24, 2.45) is 0 Å². The Labute approximate surface area is 224 Å². The van der Waals surface area contributed by atoms with E-state index in [9.17, 15) is 14.7 Å². The molecule has 0 aromatic heterocycles. The van der Waals surface area contributed by atoms with Crippen LogP contribution in [0.4, 0.5) is 0 Å². The standard InChI is InChI=1S/C14H18ClNO.C7H15NO.C4H7NO.C4H8/c1-5-14(15)11(4)16-10(3)12-6-9(2)7-13(17)8-12;1-3-5-8(7-9)6-4-2;6-4-2-1-3-5-4;1-4(2)3/h5-8,10,16-17H,4H2,1-3H3;7H,3-6H2,1-2H3;1-3H2,(H,5,6);1H2,2-3H3/b14-5+;;;. The molecule has 3 N–H and O–H groups in total. The van der Waals surface area contributed by atoms with Crippen LogP contribution < -0.4 is 10.6 Å². The van der Waals surface area contributed by atoms with Gasteiger partial charge in [0.1, 0.15) is 5.75 Å². The molecular formula is C29H48ClN3O3. The van der Waals surface area contributed by atoms with Crippen molar-refractivity contribution in [3.05, 3.63) is 64.9 Å². The number of hydrogen-bond donors (Lipinski definition) is 3. The monoisotopic (exact) mass is 521 g/mol. The van der Waals surface area contributed by atoms with E-state index in [0.29, 0.717) is 10.7 Å². The third-order valence-electron chi connectivity index (χ3n) is 4.59. The third-order valence-corrected chi connectivity index (χ3v) is 5.04. The fourth-order valence-electron chi connectivity index (χ4n) is 2.99. The molecule has 0 bridgehead atoms. The SMILES string of the molecule is C=C(C)C.C=C(NC(C)c1cc(C)cc(O)c1)/C(Cl)=C\C.CCCN(C=O)CCC.O=C1CCCN1. The quantitative estimate of drug-likeness (QED) is 0.191. The molecule has 1 aromatic rings. The number of hydrogen-bond acceptors (Lipinski definition) is 4. The molecule has 204 valence electrons. The molecule has 1 heterocycles. The van der Waals surface area contributed by atoms with E-state index in [1.165, 1.54) is 5.57 Å². The van der Waals surface area contributed by atoms with Crippen LogP contribution in [-0.4, -0.2) is 42.0 Å². The van der Waals surface area contributed by atoms with Crippen LogP contribution in [0.2, 0.25) is 0 Å². The van der Waals surface area contributed by atoms with Gasteiger partial charge in [0.15, 0.2) is 0 Å². The maximum Gasteiger partial charge on any atom is 0.220 e. The highest BCUT2D eigenvalue weighted by Gasteiger charge is 2.09. The third kappa shape index (κ3) is 19.6. The highest BCUT2D eigenvalue weighted by atomic mass is 35.5. The number of carbonyl (C=O) groups excluding carboxylic acids is 2. The first kappa shape index (κ1) is 35.4. The van der Waals surface area contributed by atoms with E-state index < -0.39 is 0 Å². The molecule has 2 rings (SSSR count). The molecule has 1 aromatic carbocycles. The number of benzene rings is 1. The Kier molecular flexibility index (Phi) is 21.2. The predicted molar refractivity (Wildman–Crippen MR) is 154 cm³/mol. The maximum atomic E-state index is 10.2. The van der Waals surface area contributed by atoms with Crippen LogP contribution in [0.25, 0.3) is 0 Å². The first-order chi connectivity index (χ1) is 16.9. The summed E-state index contributed by atoms with van der Waals surface area (Å²) in [5.41, 5.74) is 3.88. The smallest absolute Gasteiger partial charge is 0.220 e. The van der Waals surface area contributed by atoms with Gasteiger partial charge in [-0.2, -0.15) is 0 Å². The lowest BCUT2D eigenvalue weighted by Gasteiger charge is -2.18. The molecule has 0 spiro atoms. The van der Waals surface area contributed by atoms with Crippen molar-refractivity contribution in [1.82, 2.24) is 15.5 Å². The van der Waals surface area contributed by atoms with Crippen LogP contribution in [0.15, 0.2) is 53.7 Å². The number of rotatable bonds is 9. The predicted octanol–water partition coefficient (Wildman–Crippen LogP) is 6.75. The van der Waals surface area contributed by atoms with Gasteiger partial charge in [0.25, 0.3) is 0 Å². The fourth-order valence-corrected chi connectivity index (χ4v) is 3.04. The van der Waals surface area contributed by atoms with E-state index >= 15 is 0 Å². The van der Waals surface area contributed by atoms with Crippen LogP contribution in [0.3, 0.4) is 0 Å². The van der Waals surface area contributed by atoms with Crippen LogP contribution in [0.5, 0.6) is 5.75 Å². The van der Waals surface area contributed by atoms with Gasteiger partial charge in [-0.3, -0.25) is 9.59 Å². The molecule has 7 heteroatoms. The van der Waals surface area contributed by atoms with Gasteiger partial charge in [-0.1, -0.05) is 49.7 Å². The van der Waals surface area contributed by atoms with Crippen LogP contribution in [0, 0.1) is 6.92 Å². The molecule has 0 aliphatic carbocycles. The van der Waals surface area contributed by atoms with E-state index in [-0.39, 0.29) is 17.7 Å². The van der Waals surface area contributed by atoms with Crippen molar-refractivity contribution in [1.29, 1.82) is 0 Å². The minimum absolute atomic E-state index is 0.0435. The summed E-state index contributed by atoms with van der Waals surface area (Å²) in [6.07, 6.45) is 6.58. The Hall–Kier alpha value is -2.73. The van der Waals surface area contributed by atoms with Crippen molar-refractivity contribution in [2.45, 2.75) is 80.2 Å². The number of phenolic OH excluding ortho intramolecular Hbond substituents is 1. The number of allylic oxidation sites excluding steroid dienone is 3. The summed E-state index contributed by atoms with van der Waals surface area (Å²) in [5, 5.41) is 16.0. The summed E-state index contributed by atoms with van der Waals surface area (Å²) >= 11 is 5.96. The van der Waals surface area contributed by atoms with Gasteiger partial charge in [0.05, 0.1) is 5.03 Å². The summed E-state index contributed by atoms with van der Waals surface area (Å²) in [7, 11) is 0. The Balaban J connectivity index is 0. The first-order valence-electron chi connectivity index (χ1n) is 12.6. The van der Waals surface area contributed by atoms with Gasteiger partial charge >= 0.3 is 0 Å². The Morgan fingerprint density at radius 1 is 1.22 bits per heavy atom. The molecule has 36 heavy (non-hydrogen) atoms. The zero-order chi connectivity index (χ0) is 28.1. The highest BCUT2D eigenvalue weighted by molar-refractivity contribution is 6.31. The number of amides is 2. The van der Waals surface area contributed by atoms with Crippen molar-refractivity contribution >= 4 is 23.9 Å². The molecule has 1 aliphatic rings. The lowest BCUT2D eigenvalue weighted by molar-refractivity contribution is -0.119. The second kappa shape index (κ2) is 21.5. The molecule has 1 fully saturated rings. The second-order valence-electron chi connectivity index (χ2n) is 8.89. The first-order valence-corrected chi connectivity index (χ1v) is 13.0. The minimum atomic E-state index is 0.0435. The highest BCUT2D eigenvalue weighted by Crippen LogP contribution is 2.22. The summed E-state index contributed by atoms with van der Waals surface area (Å²) < 4.78 is 0. The molecule has 1 aliphatic heterocycles. The number of nitrogens with zero attached hydrogens (tertiary/aromatic N) is 1. The molecule has 0 saturated carbocycles. The average molecular weight is 522 g/mol. The number of carbonyl (C=O) groups is 2. The molecule has 1 unspecified atom stereocenters. The normalized spacial score (nSPS) is 12.8. The number of phenols is 1. The van der Waals surface area contributed by atoms with Gasteiger partial charge < -0.3 is 20.6 Å². The van der Waals surface area contributed by atoms with E-state index in [1.54, 1.807) is 23.1 Å². The second-order valence-corrected chi connectivity index (χ2v) is 9.29. The number of aromatic hydroxyl groups is 1. The zero-order valence-corrected chi connectivity index (χ0v) is 24.2. The zero-order valence-electron chi connectivity index (χ0n) is 23.4. The summed E-state index contributed by atoms with van der Waals surface area (Å²) in [6.45, 7) is 24.0. The van der Waals surface area contributed by atoms with Gasteiger partial charge in [-0.15, -0.1) is 6.58 Å². The van der Waals surface area contributed by atoms with Gasteiger partial charge in [0.2, 0.25) is 12.3 Å². The minimum Gasteiger partial charge on any atom is -0.508 e. The van der Waals surface area contributed by atoms with Crippen molar-refractivity contribution in [3.8, 4) is 5.75 Å². The van der Waals surface area contributed by atoms with Gasteiger partial charge in [0, 0.05) is 37.8 Å². The number of aryl methyl sites for hydroxylation is 1. The number of nitrogens with one attached hydrogen (secondary N) is 2. The van der Waals surface area contributed by atoms with E-state index in [2.05, 4.69) is 37.6 Å². The van der Waals surface area contributed by atoms with Crippen LogP contribution >= 0.6 is 11.6 Å². The molecule has 2 amide bonds. The largest absolute Gasteiger partial charge is 0.508 e. The lowest BCUT2D eigenvalue weighted by Crippen LogP contribution is -2.23. The van der Waals surface area contributed by atoms with Crippen LogP contribution in [0.1, 0.15) is 84.4 Å². The molecular weight excluding hydrogens is 474 g/mol. The Morgan fingerprint density at radius 3 is 2.11 bits per heavy atom. The number of halogens is 1. The topological polar surface area (TPSA) is 81.7 Å². The summed E-state index contributed by atoms with van der Waals surface area (Å²) in [4.78, 5) is 22.1. The van der Waals surface area contributed by atoms with Gasteiger partial charge in [-0.25, -0.2) is 0 Å². The molecule has 1 saturated heterocycles. The van der Waals surface area contributed by atoms with E-state index in [0.717, 1.165) is 62.9 Å². The van der Waals surface area contributed by atoms with E-state index in [1.807, 2.05) is 40.7 Å². The Morgan fingerprint density at radius 2 is 1.78 bits per heavy atom. The van der Waals surface area contributed by atoms with Crippen molar-refractivity contribution in [2.75, 3.05) is 19.6 Å². The van der Waals surface area contributed by atoms with Gasteiger partial charge in [-0.05, 0) is 77.1 Å². The van der Waals surface area contributed by atoms with E-state index in [4.69, 9.17) is 11.6 Å². The molecule has 1 atom stereocenters. The molecule has 6 nitrogen and oxygen atoms in total. The average Bonchev–Trinajstić information content (AvgIpc) is 3.29. The van der Waals surface area contributed by atoms with Crippen molar-refractivity contribution in [3.63, 3.8) is 0 Å². The van der Waals surface area contributed by atoms with Crippen molar-refractivity contribution < 1.29 is 14.7 Å². The lowest BCUT2D eigenvalue weighted by atomic mass is 10.0. The summed E-state index contributed by atoms with van der Waals surface area (Å²) in [5.74, 6) is 0.478. The molecule has 0 radical (unpaired) electrons. The Bertz CT molecular complexity index is 799. The maximum absolute atomic E-state index is 10.2. The fraction of sp³-hybridized carbons (Fsp3) is 0.517.